The second-order valence-corrected chi connectivity index (χ2v) is 16.7. The molecule has 0 aromatic heterocycles. The van der Waals surface area contributed by atoms with Gasteiger partial charge in [0.1, 0.15) is 0 Å². The third-order valence-electron chi connectivity index (χ3n) is 12.8. The van der Waals surface area contributed by atoms with Crippen LogP contribution in [0.1, 0.15) is 103 Å². The SMILES string of the molecule is CN(C)c1ccc([C@H]2C[C@@]3(C)[C@@H](CC[C@@]3(O)/C=C\COC3CCCCO3)[C@@H]3CC[C@@]4(O)CC5(CCC4=C32)OCC(C)(C)CO5)cc1. The van der Waals surface area contributed by atoms with Gasteiger partial charge in [-0.15, -0.1) is 0 Å². The topological polar surface area (TPSA) is 80.6 Å². The lowest BCUT2D eigenvalue weighted by Crippen LogP contribution is -2.58. The molecule has 5 fully saturated rings. The van der Waals surface area contributed by atoms with E-state index in [9.17, 15) is 10.2 Å². The minimum Gasteiger partial charge on any atom is -0.385 e. The van der Waals surface area contributed by atoms with Crippen molar-refractivity contribution in [3.63, 3.8) is 0 Å². The Morgan fingerprint density at radius 1 is 0.957 bits per heavy atom. The van der Waals surface area contributed by atoms with E-state index in [0.717, 1.165) is 70.8 Å². The first kappa shape index (κ1) is 32.8. The summed E-state index contributed by atoms with van der Waals surface area (Å²) in [6.45, 7) is 9.23. The molecule has 254 valence electrons. The third kappa shape index (κ3) is 5.71. The van der Waals surface area contributed by atoms with Gasteiger partial charge in [-0.3, -0.25) is 0 Å². The number of aliphatic hydroxyl groups is 2. The fraction of sp³-hybridized carbons (Fsp3) is 0.744. The molecular weight excluding hydrogens is 578 g/mol. The second-order valence-electron chi connectivity index (χ2n) is 16.7. The molecule has 1 aromatic rings. The number of ether oxygens (including phenoxy) is 4. The molecule has 2 saturated heterocycles. The Morgan fingerprint density at radius 3 is 2.41 bits per heavy atom. The molecular formula is C39H57NO6. The van der Waals surface area contributed by atoms with Crippen LogP contribution in [0.3, 0.4) is 0 Å². The maximum Gasteiger partial charge on any atom is 0.171 e. The molecule has 2 heterocycles. The molecule has 46 heavy (non-hydrogen) atoms. The predicted octanol–water partition coefficient (Wildman–Crippen LogP) is 6.88. The van der Waals surface area contributed by atoms with Gasteiger partial charge in [-0.25, -0.2) is 0 Å². The van der Waals surface area contributed by atoms with Crippen LogP contribution in [0.4, 0.5) is 5.69 Å². The zero-order valence-electron chi connectivity index (χ0n) is 28.9. The molecule has 7 heteroatoms. The highest BCUT2D eigenvalue weighted by Crippen LogP contribution is 2.68. The van der Waals surface area contributed by atoms with Gasteiger partial charge in [0.05, 0.1) is 31.0 Å². The quantitative estimate of drug-likeness (QED) is 0.330. The molecule has 1 spiro atoms. The highest BCUT2D eigenvalue weighted by atomic mass is 16.7. The maximum atomic E-state index is 12.5. The van der Waals surface area contributed by atoms with Gasteiger partial charge in [0.2, 0.25) is 0 Å². The van der Waals surface area contributed by atoms with E-state index in [-0.39, 0.29) is 23.0 Å². The van der Waals surface area contributed by atoms with E-state index in [0.29, 0.717) is 38.1 Å². The van der Waals surface area contributed by atoms with Crippen molar-refractivity contribution in [1.82, 2.24) is 0 Å². The molecule has 0 bridgehead atoms. The summed E-state index contributed by atoms with van der Waals surface area (Å²) >= 11 is 0. The van der Waals surface area contributed by atoms with Gasteiger partial charge in [0.15, 0.2) is 12.1 Å². The van der Waals surface area contributed by atoms with Crippen molar-refractivity contribution in [2.24, 2.45) is 22.7 Å². The van der Waals surface area contributed by atoms with Crippen molar-refractivity contribution < 1.29 is 29.2 Å². The number of rotatable bonds is 6. The number of benzene rings is 1. The Morgan fingerprint density at radius 2 is 1.72 bits per heavy atom. The molecule has 0 amide bonds. The fourth-order valence-corrected chi connectivity index (χ4v) is 10.1. The van der Waals surface area contributed by atoms with Crippen LogP contribution in [0.2, 0.25) is 0 Å². The summed E-state index contributed by atoms with van der Waals surface area (Å²) < 4.78 is 24.7. The number of hydrogen-bond donors (Lipinski definition) is 2. The van der Waals surface area contributed by atoms with Gasteiger partial charge in [0.25, 0.3) is 0 Å². The van der Waals surface area contributed by atoms with Crippen molar-refractivity contribution in [3.8, 4) is 0 Å². The standard InChI is InChI=1S/C39H57NO6/c1-35(2)25-45-39(46-26-35)20-16-32-34-29(14-18-37(32,41)24-39)31-15-19-38(42,17-8-22-44-33-9-6-7-21-43-33)36(31,3)23-30(34)27-10-12-28(13-11-27)40(4)5/h8,10-13,17,29-31,33,41-42H,6-7,9,14-16,18-26H2,1-5H3/b17-8-/t29-,30+,31-,33?,36-,37+,38-/m0/s1. The Labute approximate surface area is 276 Å². The van der Waals surface area contributed by atoms with E-state index in [1.165, 1.54) is 22.4 Å². The molecule has 1 aromatic carbocycles. The zero-order chi connectivity index (χ0) is 32.4. The molecule has 2 aliphatic heterocycles. The smallest absolute Gasteiger partial charge is 0.171 e. The Bertz CT molecular complexity index is 1320. The number of allylic oxidation sites excluding steroid dienone is 1. The minimum absolute atomic E-state index is 0.00853. The lowest BCUT2D eigenvalue weighted by atomic mass is 9.49. The number of nitrogens with zero attached hydrogens (tertiary/aromatic N) is 1. The van der Waals surface area contributed by atoms with Crippen LogP contribution in [0.15, 0.2) is 47.6 Å². The first-order chi connectivity index (χ1) is 21.9. The largest absolute Gasteiger partial charge is 0.385 e. The molecule has 7 atom stereocenters. The fourth-order valence-electron chi connectivity index (χ4n) is 10.1. The van der Waals surface area contributed by atoms with E-state index < -0.39 is 17.0 Å². The summed E-state index contributed by atoms with van der Waals surface area (Å²) in [7, 11) is 4.15. The van der Waals surface area contributed by atoms with Crippen molar-refractivity contribution in [3.05, 3.63) is 53.1 Å². The number of anilines is 1. The van der Waals surface area contributed by atoms with E-state index in [1.807, 2.05) is 6.08 Å². The summed E-state index contributed by atoms with van der Waals surface area (Å²) in [5.41, 5.74) is 3.01. The summed E-state index contributed by atoms with van der Waals surface area (Å²) in [5.74, 6) is 0.127. The summed E-state index contributed by atoms with van der Waals surface area (Å²) in [4.78, 5) is 2.14. The van der Waals surface area contributed by atoms with E-state index >= 15 is 0 Å². The highest BCUT2D eigenvalue weighted by molar-refractivity contribution is 5.50. The van der Waals surface area contributed by atoms with Crippen LogP contribution in [0.5, 0.6) is 0 Å². The first-order valence-electron chi connectivity index (χ1n) is 18.0. The Balaban J connectivity index is 1.21. The lowest BCUT2D eigenvalue weighted by Gasteiger charge is -2.58. The maximum absolute atomic E-state index is 12.5. The van der Waals surface area contributed by atoms with Crippen LogP contribution in [0, 0.1) is 22.7 Å². The van der Waals surface area contributed by atoms with Crippen molar-refractivity contribution >= 4 is 5.69 Å². The van der Waals surface area contributed by atoms with Crippen LogP contribution in [0.25, 0.3) is 0 Å². The molecule has 0 radical (unpaired) electrons. The highest BCUT2D eigenvalue weighted by Gasteiger charge is 2.64. The molecule has 2 N–H and O–H groups in total. The second kappa shape index (κ2) is 12.0. The molecule has 7 nitrogen and oxygen atoms in total. The number of fused-ring (bicyclic) bond motifs is 4. The molecule has 7 rings (SSSR count). The van der Waals surface area contributed by atoms with Gasteiger partial charge >= 0.3 is 0 Å². The predicted molar refractivity (Wildman–Crippen MR) is 180 cm³/mol. The lowest BCUT2D eigenvalue weighted by molar-refractivity contribution is -0.322. The third-order valence-corrected chi connectivity index (χ3v) is 12.8. The zero-order valence-corrected chi connectivity index (χ0v) is 28.9. The first-order valence-corrected chi connectivity index (χ1v) is 18.0. The van der Waals surface area contributed by atoms with Gasteiger partial charge in [-0.2, -0.15) is 0 Å². The molecule has 1 unspecified atom stereocenters. The average Bonchev–Trinajstić information content (AvgIpc) is 3.30. The Hall–Kier alpha value is -1.74. The monoisotopic (exact) mass is 635 g/mol. The normalized spacial score (nSPS) is 40.1. The summed E-state index contributed by atoms with van der Waals surface area (Å²) in [5, 5.41) is 25.0. The van der Waals surface area contributed by atoms with Crippen molar-refractivity contribution in [2.45, 2.75) is 121 Å². The molecule has 4 aliphatic carbocycles. The van der Waals surface area contributed by atoms with Gasteiger partial charge in [-0.05, 0) is 92.9 Å². The Kier molecular flexibility index (Phi) is 8.55. The van der Waals surface area contributed by atoms with Gasteiger partial charge < -0.3 is 34.1 Å². The van der Waals surface area contributed by atoms with E-state index in [1.54, 1.807) is 0 Å². The minimum atomic E-state index is -0.922. The van der Waals surface area contributed by atoms with Gasteiger partial charge in [-0.1, -0.05) is 50.6 Å². The van der Waals surface area contributed by atoms with Crippen molar-refractivity contribution in [1.29, 1.82) is 0 Å². The van der Waals surface area contributed by atoms with Crippen LogP contribution >= 0.6 is 0 Å². The summed E-state index contributed by atoms with van der Waals surface area (Å²) in [6, 6.07) is 8.99. The molecule has 3 saturated carbocycles. The van der Waals surface area contributed by atoms with Crippen LogP contribution in [-0.2, 0) is 18.9 Å². The average molecular weight is 636 g/mol. The molecule has 6 aliphatic rings. The van der Waals surface area contributed by atoms with E-state index in [2.05, 4.69) is 70.1 Å². The van der Waals surface area contributed by atoms with Crippen LogP contribution in [-0.4, -0.2) is 74.0 Å². The van der Waals surface area contributed by atoms with Crippen molar-refractivity contribution in [2.75, 3.05) is 45.4 Å². The van der Waals surface area contributed by atoms with Gasteiger partial charge in [0, 0.05) is 56.0 Å². The summed E-state index contributed by atoms with van der Waals surface area (Å²) in [6.07, 6.45) is 13.5. The van der Waals surface area contributed by atoms with E-state index in [4.69, 9.17) is 18.9 Å². The number of hydrogen-bond acceptors (Lipinski definition) is 7. The van der Waals surface area contributed by atoms with Crippen LogP contribution < -0.4 is 4.90 Å².